The normalized spacial score (nSPS) is 10.0. The molecule has 0 spiro atoms. The molecule has 18 heavy (non-hydrogen) atoms. The van der Waals surface area contributed by atoms with E-state index >= 15 is 0 Å². The van der Waals surface area contributed by atoms with Crippen molar-refractivity contribution < 1.29 is 14.8 Å². The number of rotatable bonds is 3. The number of phenolic OH excluding ortho intramolecular Hbond substituents is 1. The number of nitro benzene ring substituents is 1. The van der Waals surface area contributed by atoms with Crippen LogP contribution in [0, 0.1) is 10.1 Å². The Labute approximate surface area is 102 Å². The molecule has 0 aromatic heterocycles. The van der Waals surface area contributed by atoms with E-state index < -0.39 is 4.92 Å². The lowest BCUT2D eigenvalue weighted by Crippen LogP contribution is -1.95. The molecule has 3 N–H and O–H groups in total. The fraction of sp³-hybridized carbons (Fsp3) is 0. The summed E-state index contributed by atoms with van der Waals surface area (Å²) >= 11 is 0. The van der Waals surface area contributed by atoms with Gasteiger partial charge in [0.05, 0.1) is 4.92 Å². The van der Waals surface area contributed by atoms with Crippen molar-refractivity contribution in [3.8, 4) is 17.2 Å². The summed E-state index contributed by atoms with van der Waals surface area (Å²) in [4.78, 5) is 10.0. The Morgan fingerprint density at radius 3 is 2.28 bits per heavy atom. The van der Waals surface area contributed by atoms with Crippen LogP contribution in [0.1, 0.15) is 0 Å². The quantitative estimate of drug-likeness (QED) is 0.492. The lowest BCUT2D eigenvalue weighted by molar-refractivity contribution is -0.383. The Hall–Kier alpha value is -2.76. The molecule has 0 radical (unpaired) electrons. The second kappa shape index (κ2) is 4.62. The Bertz CT molecular complexity index is 581. The first-order valence-corrected chi connectivity index (χ1v) is 5.07. The molecule has 0 aliphatic rings. The van der Waals surface area contributed by atoms with Crippen molar-refractivity contribution >= 4 is 11.4 Å². The molecule has 0 fully saturated rings. The van der Waals surface area contributed by atoms with Crippen LogP contribution < -0.4 is 10.5 Å². The van der Waals surface area contributed by atoms with Gasteiger partial charge in [0.2, 0.25) is 0 Å². The van der Waals surface area contributed by atoms with Crippen molar-refractivity contribution in [2.24, 2.45) is 0 Å². The van der Waals surface area contributed by atoms with Gasteiger partial charge in [-0.15, -0.1) is 0 Å². The van der Waals surface area contributed by atoms with E-state index in [1.54, 1.807) is 12.1 Å². The van der Waals surface area contributed by atoms with Gasteiger partial charge in [0, 0.05) is 12.1 Å². The monoisotopic (exact) mass is 246 g/mol. The maximum atomic E-state index is 10.6. The third-order valence-electron chi connectivity index (χ3n) is 2.27. The smallest absolute Gasteiger partial charge is 0.292 e. The lowest BCUT2D eigenvalue weighted by Gasteiger charge is -2.06. The summed E-state index contributed by atoms with van der Waals surface area (Å²) < 4.78 is 5.44. The molecule has 0 unspecified atom stereocenters. The summed E-state index contributed by atoms with van der Waals surface area (Å²) in [5.41, 5.74) is 5.42. The van der Waals surface area contributed by atoms with E-state index in [9.17, 15) is 10.1 Å². The fourth-order valence-corrected chi connectivity index (χ4v) is 1.41. The SMILES string of the molecule is Nc1cc(Oc2ccc(O)cc2)ccc1[N+](=O)[O-]. The number of benzene rings is 2. The molecule has 0 bridgehead atoms. The van der Waals surface area contributed by atoms with Crippen molar-refractivity contribution in [1.82, 2.24) is 0 Å². The molecule has 92 valence electrons. The number of hydrogen-bond acceptors (Lipinski definition) is 5. The number of nitrogens with two attached hydrogens (primary N) is 1. The van der Waals surface area contributed by atoms with E-state index in [1.165, 1.54) is 30.3 Å². The van der Waals surface area contributed by atoms with Gasteiger partial charge in [-0.3, -0.25) is 10.1 Å². The largest absolute Gasteiger partial charge is 0.508 e. The van der Waals surface area contributed by atoms with Crippen LogP contribution in [-0.4, -0.2) is 10.0 Å². The Balaban J connectivity index is 2.22. The van der Waals surface area contributed by atoms with Gasteiger partial charge in [-0.1, -0.05) is 0 Å². The van der Waals surface area contributed by atoms with Crippen molar-refractivity contribution in [3.63, 3.8) is 0 Å². The molecule has 0 amide bonds. The first-order valence-electron chi connectivity index (χ1n) is 5.07. The summed E-state index contributed by atoms with van der Waals surface area (Å²) in [7, 11) is 0. The molecule has 0 atom stereocenters. The maximum absolute atomic E-state index is 10.6. The van der Waals surface area contributed by atoms with Crippen molar-refractivity contribution in [2.75, 3.05) is 5.73 Å². The molecule has 0 aliphatic carbocycles. The molecule has 0 saturated heterocycles. The molecule has 6 heteroatoms. The number of nitrogen functional groups attached to an aromatic ring is 1. The first kappa shape index (κ1) is 11.7. The number of aromatic hydroxyl groups is 1. The Morgan fingerprint density at radius 2 is 1.72 bits per heavy atom. The standard InChI is InChI=1S/C12H10N2O4/c13-11-7-10(5-6-12(11)14(16)17)18-9-3-1-8(15)2-4-9/h1-7,15H,13H2. The number of hydrogen-bond donors (Lipinski definition) is 2. The van der Waals surface area contributed by atoms with E-state index in [2.05, 4.69) is 0 Å². The van der Waals surface area contributed by atoms with E-state index in [4.69, 9.17) is 15.6 Å². The molecular formula is C12H10N2O4. The van der Waals surface area contributed by atoms with Gasteiger partial charge in [0.25, 0.3) is 5.69 Å². The molecule has 2 aromatic carbocycles. The molecule has 2 rings (SSSR count). The number of nitro groups is 1. The average Bonchev–Trinajstić information content (AvgIpc) is 2.32. The average molecular weight is 246 g/mol. The van der Waals surface area contributed by atoms with Gasteiger partial charge >= 0.3 is 0 Å². The zero-order valence-electron chi connectivity index (χ0n) is 9.24. The minimum atomic E-state index is -0.556. The molecule has 0 aliphatic heterocycles. The van der Waals surface area contributed by atoms with Crippen molar-refractivity contribution in [3.05, 3.63) is 52.6 Å². The van der Waals surface area contributed by atoms with E-state index in [1.807, 2.05) is 0 Å². The third kappa shape index (κ3) is 2.49. The summed E-state index contributed by atoms with van der Waals surface area (Å²) in [6.45, 7) is 0. The van der Waals surface area contributed by atoms with Gasteiger partial charge in [-0.25, -0.2) is 0 Å². The van der Waals surface area contributed by atoms with Gasteiger partial charge in [-0.05, 0) is 30.3 Å². The summed E-state index contributed by atoms with van der Waals surface area (Å²) in [5, 5.41) is 19.7. The highest BCUT2D eigenvalue weighted by Crippen LogP contribution is 2.29. The van der Waals surface area contributed by atoms with Crippen LogP contribution in [-0.2, 0) is 0 Å². The lowest BCUT2D eigenvalue weighted by atomic mass is 10.2. The highest BCUT2D eigenvalue weighted by atomic mass is 16.6. The summed E-state index contributed by atoms with van der Waals surface area (Å²) in [6.07, 6.45) is 0. The Morgan fingerprint density at radius 1 is 1.11 bits per heavy atom. The van der Waals surface area contributed by atoms with Crippen LogP contribution >= 0.6 is 0 Å². The third-order valence-corrected chi connectivity index (χ3v) is 2.27. The molecule has 2 aromatic rings. The van der Waals surface area contributed by atoms with E-state index in [0.29, 0.717) is 11.5 Å². The fourth-order valence-electron chi connectivity index (χ4n) is 1.41. The predicted molar refractivity (Wildman–Crippen MR) is 65.7 cm³/mol. The molecule has 0 saturated carbocycles. The van der Waals surface area contributed by atoms with Gasteiger partial charge in [0.1, 0.15) is 22.9 Å². The van der Waals surface area contributed by atoms with Crippen molar-refractivity contribution in [2.45, 2.75) is 0 Å². The van der Waals surface area contributed by atoms with Crippen LogP contribution in [0.5, 0.6) is 17.2 Å². The van der Waals surface area contributed by atoms with Crippen LogP contribution in [0.25, 0.3) is 0 Å². The van der Waals surface area contributed by atoms with Gasteiger partial charge in [-0.2, -0.15) is 0 Å². The highest BCUT2D eigenvalue weighted by molar-refractivity contribution is 5.61. The molecule has 0 heterocycles. The zero-order valence-corrected chi connectivity index (χ0v) is 9.24. The number of ether oxygens (including phenoxy) is 1. The number of anilines is 1. The number of phenols is 1. The minimum absolute atomic E-state index is 0.0382. The van der Waals surface area contributed by atoms with E-state index in [0.717, 1.165) is 0 Å². The highest BCUT2D eigenvalue weighted by Gasteiger charge is 2.11. The van der Waals surface area contributed by atoms with Crippen LogP contribution in [0.2, 0.25) is 0 Å². The minimum Gasteiger partial charge on any atom is -0.508 e. The Kier molecular flexibility index (Phi) is 3.01. The van der Waals surface area contributed by atoms with Crippen LogP contribution in [0.3, 0.4) is 0 Å². The van der Waals surface area contributed by atoms with Gasteiger partial charge in [0.15, 0.2) is 0 Å². The molecule has 6 nitrogen and oxygen atoms in total. The first-order chi connectivity index (χ1) is 8.56. The molecular weight excluding hydrogens is 236 g/mol. The van der Waals surface area contributed by atoms with E-state index in [-0.39, 0.29) is 17.1 Å². The summed E-state index contributed by atoms with van der Waals surface area (Å²) in [6, 6.07) is 10.2. The second-order valence-corrected chi connectivity index (χ2v) is 3.57. The topological polar surface area (TPSA) is 98.6 Å². The second-order valence-electron chi connectivity index (χ2n) is 3.57. The maximum Gasteiger partial charge on any atom is 0.292 e. The van der Waals surface area contributed by atoms with Crippen molar-refractivity contribution in [1.29, 1.82) is 0 Å². The summed E-state index contributed by atoms with van der Waals surface area (Å²) in [5.74, 6) is 1.02. The predicted octanol–water partition coefficient (Wildman–Crippen LogP) is 2.67. The number of nitrogens with zero attached hydrogens (tertiary/aromatic N) is 1. The zero-order chi connectivity index (χ0) is 13.1. The van der Waals surface area contributed by atoms with Crippen LogP contribution in [0.15, 0.2) is 42.5 Å². The van der Waals surface area contributed by atoms with Gasteiger partial charge < -0.3 is 15.6 Å². The van der Waals surface area contributed by atoms with Crippen LogP contribution in [0.4, 0.5) is 11.4 Å².